The Bertz CT molecular complexity index is 1160. The molecule has 2 atom stereocenters. The zero-order valence-electron chi connectivity index (χ0n) is 20.4. The van der Waals surface area contributed by atoms with Gasteiger partial charge in [0.15, 0.2) is 11.0 Å². The predicted octanol–water partition coefficient (Wildman–Crippen LogP) is 4.76. The molecule has 0 bridgehead atoms. The van der Waals surface area contributed by atoms with Crippen LogP contribution < -0.4 is 4.74 Å². The largest absolute Gasteiger partial charge is 0.497 e. The molecule has 2 unspecified atom stereocenters. The van der Waals surface area contributed by atoms with Crippen molar-refractivity contribution in [3.63, 3.8) is 0 Å². The summed E-state index contributed by atoms with van der Waals surface area (Å²) < 4.78 is 13.3. The van der Waals surface area contributed by atoms with Crippen LogP contribution in [0, 0.1) is 0 Å². The Morgan fingerprint density at radius 2 is 1.97 bits per heavy atom. The first-order valence-electron chi connectivity index (χ1n) is 12.3. The van der Waals surface area contributed by atoms with Crippen molar-refractivity contribution in [1.29, 1.82) is 0 Å². The maximum absolute atomic E-state index is 13.2. The summed E-state index contributed by atoms with van der Waals surface area (Å²) in [5.41, 5.74) is 3.60. The zero-order chi connectivity index (χ0) is 24.2. The van der Waals surface area contributed by atoms with Crippen LogP contribution >= 0.6 is 11.8 Å². The molecule has 8 heteroatoms. The Kier molecular flexibility index (Phi) is 7.39. The van der Waals surface area contributed by atoms with Gasteiger partial charge in [-0.25, -0.2) is 0 Å². The molecule has 35 heavy (non-hydrogen) atoms. The van der Waals surface area contributed by atoms with Crippen molar-refractivity contribution >= 4 is 17.7 Å². The fourth-order valence-electron chi connectivity index (χ4n) is 5.04. The van der Waals surface area contributed by atoms with E-state index in [0.29, 0.717) is 12.3 Å². The number of nitrogens with zero attached hydrogens (tertiary/aromatic N) is 4. The summed E-state index contributed by atoms with van der Waals surface area (Å²) >= 11 is 1.45. The zero-order valence-corrected chi connectivity index (χ0v) is 21.2. The highest BCUT2D eigenvalue weighted by molar-refractivity contribution is 7.99. The number of hydrogen-bond donors (Lipinski definition) is 0. The van der Waals surface area contributed by atoms with Gasteiger partial charge in [0, 0.05) is 19.2 Å². The van der Waals surface area contributed by atoms with E-state index < -0.39 is 0 Å². The first-order chi connectivity index (χ1) is 17.1. The first-order valence-corrected chi connectivity index (χ1v) is 13.3. The van der Waals surface area contributed by atoms with E-state index in [-0.39, 0.29) is 18.1 Å². The van der Waals surface area contributed by atoms with Gasteiger partial charge in [0.25, 0.3) is 0 Å². The molecular formula is C27H32N4O3S. The second-order valence-corrected chi connectivity index (χ2v) is 10.1. The minimum Gasteiger partial charge on any atom is -0.497 e. The molecule has 2 heterocycles. The smallest absolute Gasteiger partial charge is 0.233 e. The normalized spacial score (nSPS) is 19.4. The van der Waals surface area contributed by atoms with Crippen molar-refractivity contribution in [2.45, 2.75) is 56.0 Å². The van der Waals surface area contributed by atoms with Gasteiger partial charge in [0.1, 0.15) is 5.75 Å². The third-order valence-corrected chi connectivity index (χ3v) is 7.95. The van der Waals surface area contributed by atoms with Crippen LogP contribution in [-0.2, 0) is 22.5 Å². The lowest BCUT2D eigenvalue weighted by Gasteiger charge is -2.33. The van der Waals surface area contributed by atoms with Crippen LogP contribution in [-0.4, -0.2) is 58.2 Å². The molecule has 5 rings (SSSR count). The lowest BCUT2D eigenvalue weighted by Crippen LogP contribution is -2.34. The second-order valence-electron chi connectivity index (χ2n) is 9.18. The molecule has 7 nitrogen and oxygen atoms in total. The van der Waals surface area contributed by atoms with Crippen LogP contribution in [0.15, 0.2) is 53.7 Å². The Morgan fingerprint density at radius 3 is 2.74 bits per heavy atom. The molecule has 0 saturated carbocycles. The van der Waals surface area contributed by atoms with Gasteiger partial charge in [0.2, 0.25) is 5.91 Å². The summed E-state index contributed by atoms with van der Waals surface area (Å²) in [4.78, 5) is 15.2. The van der Waals surface area contributed by atoms with Crippen LogP contribution in [0.4, 0.5) is 0 Å². The Morgan fingerprint density at radius 1 is 1.14 bits per heavy atom. The number of fused-ring (bicyclic) bond motifs is 1. The summed E-state index contributed by atoms with van der Waals surface area (Å²) in [5, 5.41) is 9.72. The summed E-state index contributed by atoms with van der Waals surface area (Å²) in [6, 6.07) is 16.5. The van der Waals surface area contributed by atoms with Crippen LogP contribution in [0.2, 0.25) is 0 Å². The van der Waals surface area contributed by atoms with Gasteiger partial charge in [-0.1, -0.05) is 36.0 Å². The van der Waals surface area contributed by atoms with E-state index in [1.807, 2.05) is 36.2 Å². The third kappa shape index (κ3) is 5.23. The molecule has 1 aliphatic carbocycles. The summed E-state index contributed by atoms with van der Waals surface area (Å²) in [6.45, 7) is 1.47. The molecule has 0 spiro atoms. The number of aryl methyl sites for hydroxylation is 1. The lowest BCUT2D eigenvalue weighted by atomic mass is 9.87. The summed E-state index contributed by atoms with van der Waals surface area (Å²) in [6.07, 6.45) is 5.42. The second kappa shape index (κ2) is 10.8. The number of hydrogen-bond acceptors (Lipinski definition) is 6. The van der Waals surface area contributed by atoms with Gasteiger partial charge in [-0.2, -0.15) is 0 Å². The van der Waals surface area contributed by atoms with E-state index >= 15 is 0 Å². The molecule has 0 N–H and O–H groups in total. The maximum Gasteiger partial charge on any atom is 0.233 e. The van der Waals surface area contributed by atoms with E-state index in [0.717, 1.165) is 61.0 Å². The van der Waals surface area contributed by atoms with Crippen LogP contribution in [0.3, 0.4) is 0 Å². The average molecular weight is 493 g/mol. The molecule has 3 aromatic rings. The van der Waals surface area contributed by atoms with Crippen molar-refractivity contribution < 1.29 is 14.3 Å². The van der Waals surface area contributed by atoms with E-state index in [2.05, 4.69) is 39.0 Å². The summed E-state index contributed by atoms with van der Waals surface area (Å²) in [7, 11) is 3.58. The maximum atomic E-state index is 13.2. The molecule has 1 amide bonds. The molecule has 2 aliphatic rings. The van der Waals surface area contributed by atoms with Crippen LogP contribution in [0.5, 0.6) is 5.75 Å². The number of benzene rings is 2. The number of rotatable bonds is 8. The number of amides is 1. The average Bonchev–Trinajstić information content (AvgIpc) is 3.57. The van der Waals surface area contributed by atoms with Gasteiger partial charge >= 0.3 is 0 Å². The van der Waals surface area contributed by atoms with Gasteiger partial charge in [-0.15, -0.1) is 10.2 Å². The van der Waals surface area contributed by atoms with Crippen LogP contribution in [0.1, 0.15) is 42.9 Å². The first kappa shape index (κ1) is 23.9. The highest BCUT2D eigenvalue weighted by Gasteiger charge is 2.27. The number of carbonyl (C=O) groups excluding carboxylic acids is 1. The number of aromatic nitrogens is 3. The molecule has 184 valence electrons. The fourth-order valence-corrected chi connectivity index (χ4v) is 5.91. The fraction of sp³-hybridized carbons (Fsp3) is 0.444. The third-order valence-electron chi connectivity index (χ3n) is 7.00. The van der Waals surface area contributed by atoms with Crippen molar-refractivity contribution in [1.82, 2.24) is 19.7 Å². The highest BCUT2D eigenvalue weighted by Crippen LogP contribution is 2.34. The van der Waals surface area contributed by atoms with Crippen molar-refractivity contribution in [3.05, 3.63) is 59.7 Å². The van der Waals surface area contributed by atoms with E-state index in [4.69, 9.17) is 9.47 Å². The topological polar surface area (TPSA) is 69.5 Å². The quantitative estimate of drug-likeness (QED) is 0.422. The van der Waals surface area contributed by atoms with Gasteiger partial charge in [0.05, 0.1) is 31.6 Å². The number of methoxy groups -OCH3 is 1. The molecule has 0 radical (unpaired) electrons. The molecule has 1 aromatic heterocycles. The van der Waals surface area contributed by atoms with Gasteiger partial charge in [-0.05, 0) is 67.5 Å². The Balaban J connectivity index is 1.33. The van der Waals surface area contributed by atoms with E-state index in [1.54, 1.807) is 7.11 Å². The lowest BCUT2D eigenvalue weighted by molar-refractivity contribution is -0.129. The van der Waals surface area contributed by atoms with Crippen molar-refractivity contribution in [2.75, 3.05) is 26.5 Å². The molecular weight excluding hydrogens is 460 g/mol. The molecule has 1 saturated heterocycles. The van der Waals surface area contributed by atoms with Gasteiger partial charge < -0.3 is 14.4 Å². The summed E-state index contributed by atoms with van der Waals surface area (Å²) in [5.74, 6) is 2.01. The van der Waals surface area contributed by atoms with Crippen LogP contribution in [0.25, 0.3) is 11.4 Å². The predicted molar refractivity (Wildman–Crippen MR) is 137 cm³/mol. The van der Waals surface area contributed by atoms with E-state index in [1.165, 1.54) is 22.9 Å². The minimum absolute atomic E-state index is 0.106. The monoisotopic (exact) mass is 492 g/mol. The van der Waals surface area contributed by atoms with Crippen molar-refractivity contribution in [3.8, 4) is 17.1 Å². The molecule has 1 aliphatic heterocycles. The number of thioether (sulfide) groups is 1. The van der Waals surface area contributed by atoms with Crippen molar-refractivity contribution in [2.24, 2.45) is 0 Å². The Labute approximate surface area is 210 Å². The van der Waals surface area contributed by atoms with E-state index in [9.17, 15) is 4.79 Å². The number of ether oxygens (including phenoxy) is 2. The minimum atomic E-state index is 0.106. The Hall–Kier alpha value is -2.84. The highest BCUT2D eigenvalue weighted by atomic mass is 32.2. The molecule has 2 aromatic carbocycles. The molecule has 1 fully saturated rings. The number of carbonyl (C=O) groups is 1. The SMILES string of the molecule is COc1ccc(-c2nnc(SCC(=O)N(C)C3CCCc4ccccc43)n2CC2CCCO2)cc1. The standard InChI is InChI=1S/C27H32N4O3S/c1-30(24-11-5-8-19-7-3-4-10-23(19)24)25(32)18-35-27-29-28-26(20-12-14-21(33-2)15-13-20)31(27)17-22-9-6-16-34-22/h3-4,7,10,12-15,22,24H,5-6,8-9,11,16-18H2,1-2H3. The van der Waals surface area contributed by atoms with Gasteiger partial charge in [-0.3, -0.25) is 9.36 Å².